The summed E-state index contributed by atoms with van der Waals surface area (Å²) in [5.74, 6) is -2.30. The van der Waals surface area contributed by atoms with E-state index in [1.54, 1.807) is 12.1 Å². The van der Waals surface area contributed by atoms with Gasteiger partial charge >= 0.3 is 5.97 Å². The minimum atomic E-state index is -1.30. The molecule has 0 amide bonds. The van der Waals surface area contributed by atoms with Crippen LogP contribution in [0.25, 0.3) is 0 Å². The van der Waals surface area contributed by atoms with Crippen LogP contribution in [0.15, 0.2) is 30.3 Å². The number of para-hydroxylation sites is 1. The first-order valence-electron chi connectivity index (χ1n) is 7.48. The van der Waals surface area contributed by atoms with Gasteiger partial charge in [0.25, 0.3) is 0 Å². The highest BCUT2D eigenvalue weighted by atomic mass is 16.4. The average molecular weight is 328 g/mol. The molecule has 0 aliphatic rings. The molecule has 24 heavy (non-hydrogen) atoms. The Balaban J connectivity index is 2.80. The molecule has 0 saturated carbocycles. The third-order valence-corrected chi connectivity index (χ3v) is 3.97. The number of ketones is 1. The number of carboxylic acid groups (broad SMARTS) is 1. The van der Waals surface area contributed by atoms with Gasteiger partial charge in [0.05, 0.1) is 5.56 Å². The fourth-order valence-electron chi connectivity index (χ4n) is 2.65. The molecule has 3 N–H and O–H groups in total. The number of phenolic OH excluding ortho intramolecular Hbond substituents is 1. The summed E-state index contributed by atoms with van der Waals surface area (Å²) in [6, 6.07) is 7.59. The first-order chi connectivity index (χ1) is 11.1. The van der Waals surface area contributed by atoms with Crippen LogP contribution in [-0.2, 0) is 5.41 Å². The number of hydrogen-bond acceptors (Lipinski definition) is 4. The van der Waals surface area contributed by atoms with Gasteiger partial charge in [0, 0.05) is 11.1 Å². The molecule has 5 nitrogen and oxygen atoms in total. The van der Waals surface area contributed by atoms with Crippen molar-refractivity contribution in [3.8, 4) is 11.5 Å². The standard InChI is InChI=1S/C19H20O5/c1-10-12(16(21)11-7-5-6-8-14(11)20)9-13(19(2,3)4)17(22)15(10)18(23)24/h5-9,20,22H,1-4H3,(H,23,24). The predicted molar refractivity (Wildman–Crippen MR) is 90.0 cm³/mol. The summed E-state index contributed by atoms with van der Waals surface area (Å²) < 4.78 is 0. The Labute approximate surface area is 140 Å². The van der Waals surface area contributed by atoms with Crippen molar-refractivity contribution >= 4 is 11.8 Å². The third-order valence-electron chi connectivity index (χ3n) is 3.97. The van der Waals surface area contributed by atoms with Gasteiger partial charge in [-0.05, 0) is 36.1 Å². The van der Waals surface area contributed by atoms with Crippen molar-refractivity contribution in [2.75, 3.05) is 0 Å². The minimum absolute atomic E-state index is 0.0856. The lowest BCUT2D eigenvalue weighted by atomic mass is 9.81. The first kappa shape index (κ1) is 17.5. The largest absolute Gasteiger partial charge is 0.507 e. The summed E-state index contributed by atoms with van der Waals surface area (Å²) in [6.07, 6.45) is 0. The number of aromatic hydroxyl groups is 2. The molecule has 2 aromatic carbocycles. The van der Waals surface area contributed by atoms with Crippen LogP contribution in [-0.4, -0.2) is 27.1 Å². The first-order valence-corrected chi connectivity index (χ1v) is 7.48. The Morgan fingerprint density at radius 1 is 1.00 bits per heavy atom. The van der Waals surface area contributed by atoms with Gasteiger partial charge in [0.15, 0.2) is 5.78 Å². The summed E-state index contributed by atoms with van der Waals surface area (Å²) in [5.41, 5.74) is -0.0822. The third kappa shape index (κ3) is 2.97. The second kappa shape index (κ2) is 6.00. The van der Waals surface area contributed by atoms with Crippen LogP contribution >= 0.6 is 0 Å². The van der Waals surface area contributed by atoms with E-state index in [1.807, 2.05) is 20.8 Å². The van der Waals surface area contributed by atoms with Crippen molar-refractivity contribution in [3.05, 3.63) is 58.1 Å². The number of carbonyl (C=O) groups is 2. The van der Waals surface area contributed by atoms with Crippen molar-refractivity contribution in [1.82, 2.24) is 0 Å². The lowest BCUT2D eigenvalue weighted by molar-refractivity contribution is 0.0692. The van der Waals surface area contributed by atoms with E-state index in [1.165, 1.54) is 25.1 Å². The van der Waals surface area contributed by atoms with Crippen molar-refractivity contribution in [1.29, 1.82) is 0 Å². The molecular formula is C19H20O5. The van der Waals surface area contributed by atoms with E-state index >= 15 is 0 Å². The van der Waals surface area contributed by atoms with Gasteiger partial charge in [-0.25, -0.2) is 4.79 Å². The van der Waals surface area contributed by atoms with Crippen molar-refractivity contribution in [3.63, 3.8) is 0 Å². The highest BCUT2D eigenvalue weighted by Crippen LogP contribution is 2.37. The summed E-state index contributed by atoms with van der Waals surface area (Å²) >= 11 is 0. The molecule has 0 spiro atoms. The normalized spacial score (nSPS) is 11.3. The maximum absolute atomic E-state index is 12.8. The monoisotopic (exact) mass is 328 g/mol. The Kier molecular flexibility index (Phi) is 4.38. The number of carboxylic acids is 1. The molecule has 2 rings (SSSR count). The van der Waals surface area contributed by atoms with Gasteiger partial charge < -0.3 is 15.3 Å². The molecule has 0 aliphatic carbocycles. The molecule has 0 unspecified atom stereocenters. The van der Waals surface area contributed by atoms with Gasteiger partial charge in [-0.2, -0.15) is 0 Å². The van der Waals surface area contributed by atoms with Crippen LogP contribution in [0.2, 0.25) is 0 Å². The van der Waals surface area contributed by atoms with E-state index < -0.39 is 17.2 Å². The number of rotatable bonds is 3. The van der Waals surface area contributed by atoms with Crippen molar-refractivity contribution in [2.45, 2.75) is 33.1 Å². The lowest BCUT2D eigenvalue weighted by Gasteiger charge is -2.24. The van der Waals surface area contributed by atoms with E-state index in [0.29, 0.717) is 5.56 Å². The maximum Gasteiger partial charge on any atom is 0.339 e. The molecule has 0 saturated heterocycles. The highest BCUT2D eigenvalue weighted by molar-refractivity contribution is 6.13. The SMILES string of the molecule is Cc1c(C(=O)c2ccccc2O)cc(C(C)(C)C)c(O)c1C(=O)O. The zero-order chi connectivity index (χ0) is 18.2. The Hall–Kier alpha value is -2.82. The number of hydrogen-bond donors (Lipinski definition) is 3. The molecule has 0 aromatic heterocycles. The van der Waals surface area contributed by atoms with Crippen LogP contribution in [0.5, 0.6) is 11.5 Å². The molecule has 2 aromatic rings. The second-order valence-corrected chi connectivity index (χ2v) is 6.72. The fourth-order valence-corrected chi connectivity index (χ4v) is 2.65. The van der Waals surface area contributed by atoms with Crippen molar-refractivity contribution < 1.29 is 24.9 Å². The maximum atomic E-state index is 12.8. The van der Waals surface area contributed by atoms with Gasteiger partial charge in [-0.3, -0.25) is 4.79 Å². The quantitative estimate of drug-likeness (QED) is 0.748. The van der Waals surface area contributed by atoms with E-state index in [4.69, 9.17) is 0 Å². The van der Waals surface area contributed by atoms with Gasteiger partial charge in [-0.15, -0.1) is 0 Å². The average Bonchev–Trinajstić information content (AvgIpc) is 2.45. The zero-order valence-corrected chi connectivity index (χ0v) is 14.0. The molecule has 0 aliphatic heterocycles. The number of carbonyl (C=O) groups excluding carboxylic acids is 1. The molecule has 0 fully saturated rings. The highest BCUT2D eigenvalue weighted by Gasteiger charge is 2.29. The Bertz CT molecular complexity index is 828. The molecule has 126 valence electrons. The summed E-state index contributed by atoms with van der Waals surface area (Å²) in [7, 11) is 0. The van der Waals surface area contributed by atoms with Crippen LogP contribution in [0, 0.1) is 6.92 Å². The minimum Gasteiger partial charge on any atom is -0.507 e. The Morgan fingerprint density at radius 3 is 2.08 bits per heavy atom. The van der Waals surface area contributed by atoms with Crippen LogP contribution < -0.4 is 0 Å². The van der Waals surface area contributed by atoms with E-state index in [2.05, 4.69) is 0 Å². The van der Waals surface area contributed by atoms with E-state index in [-0.39, 0.29) is 33.8 Å². The van der Waals surface area contributed by atoms with Crippen LogP contribution in [0.4, 0.5) is 0 Å². The number of aromatic carboxylic acids is 1. The lowest BCUT2D eigenvalue weighted by Crippen LogP contribution is -2.17. The second-order valence-electron chi connectivity index (χ2n) is 6.72. The molecule has 5 heteroatoms. The van der Waals surface area contributed by atoms with Gasteiger partial charge in [0.2, 0.25) is 0 Å². The predicted octanol–water partition coefficient (Wildman–Crippen LogP) is 3.63. The topological polar surface area (TPSA) is 94.8 Å². The zero-order valence-electron chi connectivity index (χ0n) is 14.0. The molecular weight excluding hydrogens is 308 g/mol. The number of benzene rings is 2. The molecule has 0 heterocycles. The summed E-state index contributed by atoms with van der Waals surface area (Å²) in [6.45, 7) is 6.93. The Morgan fingerprint density at radius 2 is 1.58 bits per heavy atom. The van der Waals surface area contributed by atoms with Gasteiger partial charge in [0.1, 0.15) is 17.1 Å². The van der Waals surface area contributed by atoms with E-state index in [9.17, 15) is 24.9 Å². The van der Waals surface area contributed by atoms with Crippen molar-refractivity contribution in [2.24, 2.45) is 0 Å². The molecule has 0 radical (unpaired) electrons. The molecule has 0 bridgehead atoms. The fraction of sp³-hybridized carbons (Fsp3) is 0.263. The van der Waals surface area contributed by atoms with Crippen LogP contribution in [0.1, 0.15) is 58.2 Å². The smallest absolute Gasteiger partial charge is 0.339 e. The van der Waals surface area contributed by atoms with Crippen LogP contribution in [0.3, 0.4) is 0 Å². The summed E-state index contributed by atoms with van der Waals surface area (Å²) in [4.78, 5) is 24.4. The van der Waals surface area contributed by atoms with Gasteiger partial charge in [-0.1, -0.05) is 32.9 Å². The summed E-state index contributed by atoms with van der Waals surface area (Å²) in [5, 5.41) is 29.7. The number of phenols is 2. The van der Waals surface area contributed by atoms with E-state index in [0.717, 1.165) is 0 Å². The molecule has 0 atom stereocenters.